The van der Waals surface area contributed by atoms with Crippen molar-refractivity contribution in [1.29, 1.82) is 0 Å². The van der Waals surface area contributed by atoms with E-state index in [9.17, 15) is 18.0 Å². The van der Waals surface area contributed by atoms with Crippen molar-refractivity contribution in [2.75, 3.05) is 22.3 Å². The Labute approximate surface area is 189 Å². The lowest BCUT2D eigenvalue weighted by molar-refractivity contribution is -0.137. The fraction of sp³-hybridized carbons (Fsp3) is 0.167. The monoisotopic (exact) mass is 484 g/mol. The number of aromatic nitrogens is 4. The summed E-state index contributed by atoms with van der Waals surface area (Å²) in [6.45, 7) is 1.78. The SMILES string of the molecule is C/C(=N\Nc1nnc(SCC(=O)Nc2cc(C(F)(F)F)ccc2Cl)n1N)c1ccncc1. The standard InChI is InChI=1S/C18H16ClF3N8OS/c1-10(11-4-6-24-7-5-11)26-27-16-28-29-17(30(16)23)32-9-15(31)25-14-8-12(18(20,21)22)2-3-13(14)19/h2-8H,9,23H2,1H3,(H,25,31)(H,27,28)/b26-10+. The molecule has 0 bridgehead atoms. The van der Waals surface area contributed by atoms with Crippen LogP contribution in [-0.4, -0.2) is 37.2 Å². The summed E-state index contributed by atoms with van der Waals surface area (Å²) in [6, 6.07) is 6.23. The third-order valence-corrected chi connectivity index (χ3v) is 5.26. The second-order valence-corrected chi connectivity index (χ2v) is 7.60. The Morgan fingerprint density at radius 2 is 1.97 bits per heavy atom. The van der Waals surface area contributed by atoms with Crippen LogP contribution in [0, 0.1) is 0 Å². The van der Waals surface area contributed by atoms with E-state index in [1.54, 1.807) is 31.5 Å². The molecular weight excluding hydrogens is 469 g/mol. The number of carbonyl (C=O) groups is 1. The zero-order valence-corrected chi connectivity index (χ0v) is 18.0. The van der Waals surface area contributed by atoms with Gasteiger partial charge in [0, 0.05) is 18.0 Å². The average molecular weight is 485 g/mol. The molecule has 0 fully saturated rings. The first-order chi connectivity index (χ1) is 15.1. The predicted octanol–water partition coefficient (Wildman–Crippen LogP) is 3.63. The number of thioether (sulfide) groups is 1. The topological polar surface area (TPSA) is 123 Å². The Kier molecular flexibility index (Phi) is 7.20. The van der Waals surface area contributed by atoms with Gasteiger partial charge in [0.05, 0.1) is 27.7 Å². The Hall–Kier alpha value is -3.32. The molecule has 4 N–H and O–H groups in total. The third kappa shape index (κ3) is 5.88. The molecule has 0 aliphatic rings. The van der Waals surface area contributed by atoms with Crippen LogP contribution in [0.4, 0.5) is 24.8 Å². The number of pyridine rings is 1. The second-order valence-electron chi connectivity index (χ2n) is 6.25. The van der Waals surface area contributed by atoms with Crippen molar-refractivity contribution in [3.05, 3.63) is 58.9 Å². The molecule has 0 unspecified atom stereocenters. The number of halogens is 4. The van der Waals surface area contributed by atoms with Crippen LogP contribution in [-0.2, 0) is 11.0 Å². The van der Waals surface area contributed by atoms with Crippen LogP contribution in [0.3, 0.4) is 0 Å². The number of anilines is 2. The molecule has 0 aliphatic carbocycles. The van der Waals surface area contributed by atoms with Gasteiger partial charge in [-0.25, -0.2) is 10.1 Å². The molecular formula is C18H16ClF3N8OS. The predicted molar refractivity (Wildman–Crippen MR) is 116 cm³/mol. The molecule has 0 atom stereocenters. The summed E-state index contributed by atoms with van der Waals surface area (Å²) >= 11 is 6.81. The van der Waals surface area contributed by atoms with Gasteiger partial charge in [-0.1, -0.05) is 23.4 Å². The van der Waals surface area contributed by atoms with Gasteiger partial charge in [0.1, 0.15) is 0 Å². The summed E-state index contributed by atoms with van der Waals surface area (Å²) in [6.07, 6.45) is -1.30. The minimum atomic E-state index is -4.56. The smallest absolute Gasteiger partial charge is 0.334 e. The minimum absolute atomic E-state index is 0.0211. The molecule has 0 aliphatic heterocycles. The number of alkyl halides is 3. The number of hydrogen-bond acceptors (Lipinski definition) is 8. The zero-order chi connectivity index (χ0) is 23.3. The van der Waals surface area contributed by atoms with Crippen molar-refractivity contribution in [2.24, 2.45) is 5.10 Å². The largest absolute Gasteiger partial charge is 0.416 e. The number of hydrazone groups is 1. The maximum absolute atomic E-state index is 12.9. The summed E-state index contributed by atoms with van der Waals surface area (Å²) < 4.78 is 39.7. The maximum Gasteiger partial charge on any atom is 0.416 e. The number of benzene rings is 1. The summed E-state index contributed by atoms with van der Waals surface area (Å²) in [7, 11) is 0. The van der Waals surface area contributed by atoms with Gasteiger partial charge in [0.15, 0.2) is 0 Å². The van der Waals surface area contributed by atoms with Gasteiger partial charge < -0.3 is 11.2 Å². The van der Waals surface area contributed by atoms with Crippen LogP contribution in [0.1, 0.15) is 18.1 Å². The van der Waals surface area contributed by atoms with E-state index >= 15 is 0 Å². The van der Waals surface area contributed by atoms with E-state index < -0.39 is 17.6 Å². The molecule has 0 saturated heterocycles. The highest BCUT2D eigenvalue weighted by Gasteiger charge is 2.31. The molecule has 2 aromatic heterocycles. The summed E-state index contributed by atoms with van der Waals surface area (Å²) in [4.78, 5) is 16.1. The molecule has 9 nitrogen and oxygen atoms in total. The van der Waals surface area contributed by atoms with Gasteiger partial charge in [-0.3, -0.25) is 9.78 Å². The first-order valence-corrected chi connectivity index (χ1v) is 10.2. The highest BCUT2D eigenvalue weighted by atomic mass is 35.5. The van der Waals surface area contributed by atoms with Crippen LogP contribution in [0.2, 0.25) is 5.02 Å². The molecule has 32 heavy (non-hydrogen) atoms. The number of nitrogen functional groups attached to an aromatic ring is 1. The fourth-order valence-corrected chi connectivity index (χ4v) is 3.18. The van der Waals surface area contributed by atoms with E-state index in [1.807, 2.05) is 0 Å². The van der Waals surface area contributed by atoms with E-state index in [2.05, 4.69) is 31.0 Å². The summed E-state index contributed by atoms with van der Waals surface area (Å²) in [5.74, 6) is 5.25. The number of nitrogens with one attached hydrogen (secondary N) is 2. The number of hydrogen-bond donors (Lipinski definition) is 3. The van der Waals surface area contributed by atoms with E-state index in [-0.39, 0.29) is 27.6 Å². The van der Waals surface area contributed by atoms with Crippen molar-refractivity contribution in [3.63, 3.8) is 0 Å². The minimum Gasteiger partial charge on any atom is -0.334 e. The number of nitrogens with two attached hydrogens (primary N) is 1. The average Bonchev–Trinajstić information content (AvgIpc) is 3.11. The first kappa shape index (κ1) is 23.3. The van der Waals surface area contributed by atoms with Gasteiger partial charge in [0.2, 0.25) is 11.1 Å². The summed E-state index contributed by atoms with van der Waals surface area (Å²) in [5, 5.41) is 14.4. The summed E-state index contributed by atoms with van der Waals surface area (Å²) in [5.41, 5.74) is 3.10. The molecule has 0 radical (unpaired) electrons. The van der Waals surface area contributed by atoms with E-state index in [0.29, 0.717) is 5.71 Å². The van der Waals surface area contributed by atoms with Crippen molar-refractivity contribution in [1.82, 2.24) is 19.9 Å². The van der Waals surface area contributed by atoms with Crippen LogP contribution in [0.5, 0.6) is 0 Å². The van der Waals surface area contributed by atoms with Gasteiger partial charge in [-0.15, -0.1) is 10.2 Å². The van der Waals surface area contributed by atoms with Crippen molar-refractivity contribution in [2.45, 2.75) is 18.3 Å². The van der Waals surface area contributed by atoms with E-state index in [4.69, 9.17) is 17.4 Å². The van der Waals surface area contributed by atoms with Crippen molar-refractivity contribution in [3.8, 4) is 0 Å². The maximum atomic E-state index is 12.9. The number of carbonyl (C=O) groups excluding carboxylic acids is 1. The van der Waals surface area contributed by atoms with Crippen LogP contribution >= 0.6 is 23.4 Å². The number of amides is 1. The third-order valence-electron chi connectivity index (χ3n) is 3.99. The van der Waals surface area contributed by atoms with Crippen LogP contribution in [0.25, 0.3) is 0 Å². The van der Waals surface area contributed by atoms with Crippen molar-refractivity contribution >= 4 is 46.6 Å². The van der Waals surface area contributed by atoms with E-state index in [1.165, 1.54) is 0 Å². The number of rotatable bonds is 7. The lowest BCUT2D eigenvalue weighted by Gasteiger charge is -2.11. The molecule has 3 aromatic rings. The van der Waals surface area contributed by atoms with E-state index in [0.717, 1.165) is 40.2 Å². The second kappa shape index (κ2) is 9.87. The lowest BCUT2D eigenvalue weighted by atomic mass is 10.2. The molecule has 0 saturated carbocycles. The zero-order valence-electron chi connectivity index (χ0n) is 16.4. The van der Waals surface area contributed by atoms with Crippen molar-refractivity contribution < 1.29 is 18.0 Å². The first-order valence-electron chi connectivity index (χ1n) is 8.85. The highest BCUT2D eigenvalue weighted by Crippen LogP contribution is 2.34. The van der Waals surface area contributed by atoms with Gasteiger partial charge in [-0.05, 0) is 37.3 Å². The molecule has 1 amide bonds. The van der Waals surface area contributed by atoms with Gasteiger partial charge >= 0.3 is 6.18 Å². The Bertz CT molecular complexity index is 1140. The molecule has 3 rings (SSSR count). The van der Waals surface area contributed by atoms with Crippen LogP contribution in [0.15, 0.2) is 53.0 Å². The molecule has 1 aromatic carbocycles. The molecule has 0 spiro atoms. The normalized spacial score (nSPS) is 12.0. The molecule has 14 heteroatoms. The highest BCUT2D eigenvalue weighted by molar-refractivity contribution is 7.99. The Morgan fingerprint density at radius 1 is 1.25 bits per heavy atom. The molecule has 2 heterocycles. The Balaban J connectivity index is 1.60. The fourth-order valence-electron chi connectivity index (χ4n) is 2.36. The number of nitrogens with zero attached hydrogens (tertiary/aromatic N) is 5. The Morgan fingerprint density at radius 3 is 2.66 bits per heavy atom. The molecule has 168 valence electrons. The van der Waals surface area contributed by atoms with Gasteiger partial charge in [-0.2, -0.15) is 18.3 Å². The van der Waals surface area contributed by atoms with Crippen LogP contribution < -0.4 is 16.6 Å². The quantitative estimate of drug-likeness (QED) is 0.202. The van der Waals surface area contributed by atoms with Gasteiger partial charge in [0.25, 0.3) is 5.95 Å². The lowest BCUT2D eigenvalue weighted by Crippen LogP contribution is -2.17.